The van der Waals surface area contributed by atoms with Crippen LogP contribution in [0.4, 0.5) is 0 Å². The van der Waals surface area contributed by atoms with Crippen LogP contribution >= 0.6 is 0 Å². The number of hydrogen-bond acceptors (Lipinski definition) is 3. The van der Waals surface area contributed by atoms with Crippen LogP contribution in [-0.2, 0) is 0 Å². The Morgan fingerprint density at radius 2 is 1.75 bits per heavy atom. The first-order valence-corrected chi connectivity index (χ1v) is 10.5. The van der Waals surface area contributed by atoms with Crippen molar-refractivity contribution >= 4 is 5.91 Å². The number of H-pyrrole nitrogens is 1. The van der Waals surface area contributed by atoms with Gasteiger partial charge < -0.3 is 10.3 Å². The average Bonchev–Trinajstić information content (AvgIpc) is 2.75. The van der Waals surface area contributed by atoms with E-state index in [1.165, 1.54) is 44.7 Å². The molecule has 1 unspecified atom stereocenters. The van der Waals surface area contributed by atoms with Crippen molar-refractivity contribution in [1.82, 2.24) is 15.2 Å². The molecule has 0 bridgehead atoms. The molecular weight excluding hydrogens is 350 g/mol. The highest BCUT2D eigenvalue weighted by molar-refractivity contribution is 5.94. The first-order valence-electron chi connectivity index (χ1n) is 10.5. The fourth-order valence-electron chi connectivity index (χ4n) is 4.59. The Balaban J connectivity index is 1.37. The van der Waals surface area contributed by atoms with Gasteiger partial charge in [-0.3, -0.25) is 14.5 Å². The van der Waals surface area contributed by atoms with E-state index in [4.69, 9.17) is 0 Å². The molecule has 1 atom stereocenters. The molecule has 2 aromatic rings. The predicted molar refractivity (Wildman–Crippen MR) is 111 cm³/mol. The van der Waals surface area contributed by atoms with E-state index in [1.54, 1.807) is 6.07 Å². The van der Waals surface area contributed by atoms with Gasteiger partial charge in [0, 0.05) is 36.0 Å². The van der Waals surface area contributed by atoms with Gasteiger partial charge in [0.1, 0.15) is 0 Å². The number of piperidine rings is 1. The van der Waals surface area contributed by atoms with Crippen molar-refractivity contribution in [3.63, 3.8) is 0 Å². The zero-order chi connectivity index (χ0) is 19.3. The zero-order valence-corrected chi connectivity index (χ0v) is 16.3. The summed E-state index contributed by atoms with van der Waals surface area (Å²) < 4.78 is 0. The quantitative estimate of drug-likeness (QED) is 0.854. The molecule has 1 aromatic heterocycles. The number of likely N-dealkylation sites (tertiary alicyclic amines) is 1. The Labute approximate surface area is 166 Å². The molecule has 1 aliphatic carbocycles. The molecule has 1 aliphatic heterocycles. The number of amides is 1. The summed E-state index contributed by atoms with van der Waals surface area (Å²) in [7, 11) is 0. The van der Waals surface area contributed by atoms with Gasteiger partial charge in [0.05, 0.1) is 0 Å². The van der Waals surface area contributed by atoms with Gasteiger partial charge in [-0.05, 0) is 56.0 Å². The number of benzene rings is 1. The number of aromatic amines is 1. The summed E-state index contributed by atoms with van der Waals surface area (Å²) in [4.78, 5) is 29.6. The Bertz CT molecular complexity index is 853. The molecule has 5 nitrogen and oxygen atoms in total. The molecular formula is C23H29N3O2. The molecule has 28 heavy (non-hydrogen) atoms. The molecule has 1 amide bonds. The van der Waals surface area contributed by atoms with Crippen LogP contribution in [0.25, 0.3) is 11.3 Å². The van der Waals surface area contributed by atoms with E-state index < -0.39 is 0 Å². The summed E-state index contributed by atoms with van der Waals surface area (Å²) in [6.45, 7) is 2.14. The van der Waals surface area contributed by atoms with Gasteiger partial charge in [-0.1, -0.05) is 37.5 Å². The largest absolute Gasteiger partial charge is 0.348 e. The molecule has 5 heteroatoms. The van der Waals surface area contributed by atoms with E-state index in [0.717, 1.165) is 30.6 Å². The van der Waals surface area contributed by atoms with Crippen molar-refractivity contribution in [2.75, 3.05) is 13.1 Å². The zero-order valence-electron chi connectivity index (χ0n) is 16.3. The Hall–Kier alpha value is -2.40. The molecule has 0 spiro atoms. The summed E-state index contributed by atoms with van der Waals surface area (Å²) in [6.07, 6.45) is 8.89. The Kier molecular flexibility index (Phi) is 5.91. The third-order valence-electron chi connectivity index (χ3n) is 6.11. The van der Waals surface area contributed by atoms with E-state index in [1.807, 2.05) is 30.3 Å². The molecule has 2 N–H and O–H groups in total. The average molecular weight is 380 g/mol. The lowest BCUT2D eigenvalue weighted by atomic mass is 9.92. The molecule has 1 saturated heterocycles. The van der Waals surface area contributed by atoms with Crippen LogP contribution in [0.15, 0.2) is 47.3 Å². The Morgan fingerprint density at radius 3 is 2.50 bits per heavy atom. The van der Waals surface area contributed by atoms with Crippen LogP contribution in [0.2, 0.25) is 0 Å². The number of aromatic nitrogens is 1. The SMILES string of the molecule is O=C(NC1CCCN(C2CCCCC2)C1)c1ccc(-c2cccc(=O)[nH]2)cc1. The maximum absolute atomic E-state index is 12.7. The minimum Gasteiger partial charge on any atom is -0.348 e. The van der Waals surface area contributed by atoms with Crippen molar-refractivity contribution < 1.29 is 4.79 Å². The van der Waals surface area contributed by atoms with Crippen LogP contribution in [0.5, 0.6) is 0 Å². The fourth-order valence-corrected chi connectivity index (χ4v) is 4.59. The lowest BCUT2D eigenvalue weighted by Gasteiger charge is -2.40. The third kappa shape index (κ3) is 4.53. The number of nitrogens with zero attached hydrogens (tertiary/aromatic N) is 1. The number of nitrogens with one attached hydrogen (secondary N) is 2. The van der Waals surface area contributed by atoms with Gasteiger partial charge in [0.2, 0.25) is 5.56 Å². The van der Waals surface area contributed by atoms with Crippen molar-refractivity contribution in [2.24, 2.45) is 0 Å². The van der Waals surface area contributed by atoms with E-state index >= 15 is 0 Å². The van der Waals surface area contributed by atoms with Crippen LogP contribution in [0, 0.1) is 0 Å². The van der Waals surface area contributed by atoms with Crippen LogP contribution in [-0.4, -0.2) is 41.0 Å². The molecule has 4 rings (SSSR count). The monoisotopic (exact) mass is 379 g/mol. The standard InChI is InChI=1S/C23H29N3O2/c27-22-10-4-9-21(25-22)17-11-13-18(14-12-17)23(28)24-19-6-5-15-26(16-19)20-7-2-1-3-8-20/h4,9-14,19-20H,1-3,5-8,15-16H2,(H,24,28)(H,25,27). The predicted octanol–water partition coefficient (Wildman–Crippen LogP) is 3.57. The highest BCUT2D eigenvalue weighted by Crippen LogP contribution is 2.25. The van der Waals surface area contributed by atoms with E-state index in [2.05, 4.69) is 15.2 Å². The minimum absolute atomic E-state index is 0.0106. The third-order valence-corrected chi connectivity index (χ3v) is 6.11. The lowest BCUT2D eigenvalue weighted by Crippen LogP contribution is -2.51. The maximum atomic E-state index is 12.7. The summed E-state index contributed by atoms with van der Waals surface area (Å²) >= 11 is 0. The number of rotatable bonds is 4. The first-order chi connectivity index (χ1) is 13.7. The van der Waals surface area contributed by atoms with E-state index in [-0.39, 0.29) is 17.5 Å². The number of carbonyl (C=O) groups is 1. The second-order valence-electron chi connectivity index (χ2n) is 8.11. The van der Waals surface area contributed by atoms with Gasteiger partial charge in [-0.15, -0.1) is 0 Å². The maximum Gasteiger partial charge on any atom is 0.251 e. The smallest absolute Gasteiger partial charge is 0.251 e. The fraction of sp³-hybridized carbons (Fsp3) is 0.478. The molecule has 148 valence electrons. The molecule has 0 radical (unpaired) electrons. The highest BCUT2D eigenvalue weighted by atomic mass is 16.1. The lowest BCUT2D eigenvalue weighted by molar-refractivity contribution is 0.0835. The Morgan fingerprint density at radius 1 is 0.964 bits per heavy atom. The van der Waals surface area contributed by atoms with Gasteiger partial charge in [-0.25, -0.2) is 0 Å². The normalized spacial score (nSPS) is 21.4. The van der Waals surface area contributed by atoms with Gasteiger partial charge in [0.25, 0.3) is 5.91 Å². The summed E-state index contributed by atoms with van der Waals surface area (Å²) in [5.74, 6) is -0.0106. The number of pyridine rings is 1. The van der Waals surface area contributed by atoms with E-state index in [9.17, 15) is 9.59 Å². The van der Waals surface area contributed by atoms with Crippen molar-refractivity contribution in [3.8, 4) is 11.3 Å². The van der Waals surface area contributed by atoms with Gasteiger partial charge >= 0.3 is 0 Å². The van der Waals surface area contributed by atoms with Crippen LogP contribution in [0.1, 0.15) is 55.3 Å². The first kappa shape index (κ1) is 18.9. The van der Waals surface area contributed by atoms with Crippen molar-refractivity contribution in [2.45, 2.75) is 57.0 Å². The van der Waals surface area contributed by atoms with Gasteiger partial charge in [-0.2, -0.15) is 0 Å². The molecule has 1 aromatic carbocycles. The van der Waals surface area contributed by atoms with Gasteiger partial charge in [0.15, 0.2) is 0 Å². The summed E-state index contributed by atoms with van der Waals surface area (Å²) in [6, 6.07) is 13.5. The molecule has 2 fully saturated rings. The molecule has 2 heterocycles. The van der Waals surface area contributed by atoms with Crippen molar-refractivity contribution in [3.05, 3.63) is 58.4 Å². The van der Waals surface area contributed by atoms with Crippen LogP contribution < -0.4 is 10.9 Å². The number of carbonyl (C=O) groups excluding carboxylic acids is 1. The summed E-state index contributed by atoms with van der Waals surface area (Å²) in [5, 5.41) is 3.23. The topological polar surface area (TPSA) is 65.2 Å². The molecule has 2 aliphatic rings. The second-order valence-corrected chi connectivity index (χ2v) is 8.11. The molecule has 1 saturated carbocycles. The van der Waals surface area contributed by atoms with Crippen molar-refractivity contribution in [1.29, 1.82) is 0 Å². The van der Waals surface area contributed by atoms with E-state index in [0.29, 0.717) is 11.6 Å². The second kappa shape index (κ2) is 8.74. The minimum atomic E-state index is -0.126. The highest BCUT2D eigenvalue weighted by Gasteiger charge is 2.27. The number of hydrogen-bond donors (Lipinski definition) is 2. The summed E-state index contributed by atoms with van der Waals surface area (Å²) in [5.41, 5.74) is 2.20. The van der Waals surface area contributed by atoms with Crippen LogP contribution in [0.3, 0.4) is 0 Å².